The van der Waals surface area contributed by atoms with Crippen LogP contribution in [0.15, 0.2) is 36.4 Å². The van der Waals surface area contributed by atoms with Crippen molar-refractivity contribution in [1.29, 1.82) is 0 Å². The molecule has 0 unspecified atom stereocenters. The molecule has 0 aromatic heterocycles. The van der Waals surface area contributed by atoms with E-state index in [1.807, 2.05) is 0 Å². The van der Waals surface area contributed by atoms with Gasteiger partial charge in [-0.2, -0.15) is 0 Å². The monoisotopic (exact) mass is 380 g/mol. The van der Waals surface area contributed by atoms with Crippen LogP contribution in [0.4, 0.5) is 23.2 Å². The lowest BCUT2D eigenvalue weighted by atomic mass is 9.95. The first-order valence-corrected chi connectivity index (χ1v) is 8.36. The Morgan fingerprint density at radius 3 is 2.22 bits per heavy atom. The number of likely N-dealkylation sites (tertiary alicyclic amines) is 1. The van der Waals surface area contributed by atoms with E-state index in [4.69, 9.17) is 0 Å². The van der Waals surface area contributed by atoms with E-state index in [0.29, 0.717) is 0 Å². The van der Waals surface area contributed by atoms with Gasteiger partial charge in [0.15, 0.2) is 17.5 Å². The number of amides is 2. The second-order valence-electron chi connectivity index (χ2n) is 6.26. The number of rotatable bonds is 3. The van der Waals surface area contributed by atoms with Crippen molar-refractivity contribution in [1.82, 2.24) is 4.90 Å². The Morgan fingerprint density at radius 1 is 0.889 bits per heavy atom. The number of hydrogen-bond acceptors (Lipinski definition) is 2. The van der Waals surface area contributed by atoms with Gasteiger partial charge in [-0.15, -0.1) is 0 Å². The second kappa shape index (κ2) is 7.77. The molecule has 1 saturated heterocycles. The van der Waals surface area contributed by atoms with Gasteiger partial charge in [-0.1, -0.05) is 12.1 Å². The Hall–Kier alpha value is -2.90. The fourth-order valence-electron chi connectivity index (χ4n) is 3.01. The molecule has 0 aliphatic carbocycles. The Morgan fingerprint density at radius 2 is 1.56 bits per heavy atom. The van der Waals surface area contributed by atoms with E-state index in [0.717, 1.165) is 12.1 Å². The van der Waals surface area contributed by atoms with Crippen LogP contribution in [0.1, 0.15) is 23.2 Å². The lowest BCUT2D eigenvalue weighted by Crippen LogP contribution is -2.41. The van der Waals surface area contributed by atoms with Gasteiger partial charge in [-0.05, 0) is 37.1 Å². The van der Waals surface area contributed by atoms with Gasteiger partial charge in [-0.25, -0.2) is 17.6 Å². The summed E-state index contributed by atoms with van der Waals surface area (Å²) < 4.78 is 53.6. The third-order valence-electron chi connectivity index (χ3n) is 4.55. The number of hydrogen-bond donors (Lipinski definition) is 1. The van der Waals surface area contributed by atoms with Crippen molar-refractivity contribution in [2.75, 3.05) is 18.4 Å². The van der Waals surface area contributed by atoms with E-state index >= 15 is 0 Å². The van der Waals surface area contributed by atoms with Crippen molar-refractivity contribution in [2.24, 2.45) is 5.92 Å². The highest BCUT2D eigenvalue weighted by atomic mass is 19.2. The maximum absolute atomic E-state index is 13.7. The number of carbonyl (C=O) groups is 2. The molecule has 0 bridgehead atoms. The molecule has 8 heteroatoms. The van der Waals surface area contributed by atoms with Crippen molar-refractivity contribution < 1.29 is 27.2 Å². The van der Waals surface area contributed by atoms with Crippen LogP contribution in [0, 0.1) is 29.2 Å². The normalized spacial score (nSPS) is 14.9. The molecule has 1 aliphatic heterocycles. The van der Waals surface area contributed by atoms with Crippen molar-refractivity contribution in [3.8, 4) is 0 Å². The molecule has 4 nitrogen and oxygen atoms in total. The predicted octanol–water partition coefficient (Wildman–Crippen LogP) is 3.73. The SMILES string of the molecule is O=C(Nc1ccc(F)c(F)c1F)C1CCN(C(=O)c2ccccc2F)CC1. The lowest BCUT2D eigenvalue weighted by Gasteiger charge is -2.31. The van der Waals surface area contributed by atoms with Gasteiger partial charge in [0.1, 0.15) is 5.82 Å². The van der Waals surface area contributed by atoms with E-state index in [1.54, 1.807) is 6.07 Å². The highest BCUT2D eigenvalue weighted by Crippen LogP contribution is 2.24. The van der Waals surface area contributed by atoms with Crippen LogP contribution in [0.5, 0.6) is 0 Å². The number of nitrogens with zero attached hydrogens (tertiary/aromatic N) is 1. The number of carbonyl (C=O) groups excluding carboxylic acids is 2. The van der Waals surface area contributed by atoms with Gasteiger partial charge < -0.3 is 10.2 Å². The summed E-state index contributed by atoms with van der Waals surface area (Å²) in [7, 11) is 0. The van der Waals surface area contributed by atoms with Crippen molar-refractivity contribution in [2.45, 2.75) is 12.8 Å². The minimum atomic E-state index is -1.65. The van der Waals surface area contributed by atoms with Gasteiger partial charge in [0.25, 0.3) is 5.91 Å². The van der Waals surface area contributed by atoms with Gasteiger partial charge in [-0.3, -0.25) is 9.59 Å². The van der Waals surface area contributed by atoms with E-state index in [-0.39, 0.29) is 31.5 Å². The van der Waals surface area contributed by atoms with Gasteiger partial charge in [0.05, 0.1) is 11.3 Å². The third kappa shape index (κ3) is 3.94. The van der Waals surface area contributed by atoms with Gasteiger partial charge in [0, 0.05) is 19.0 Å². The quantitative estimate of drug-likeness (QED) is 0.652. The molecule has 0 saturated carbocycles. The summed E-state index contributed by atoms with van der Waals surface area (Å²) in [5, 5.41) is 2.25. The molecule has 2 aromatic rings. The number of halogens is 4. The van der Waals surface area contributed by atoms with Gasteiger partial charge in [0.2, 0.25) is 5.91 Å². The molecule has 27 heavy (non-hydrogen) atoms. The molecule has 1 N–H and O–H groups in total. The summed E-state index contributed by atoms with van der Waals surface area (Å²) in [5.74, 6) is -6.60. The van der Waals surface area contributed by atoms with Crippen molar-refractivity contribution in [3.63, 3.8) is 0 Å². The van der Waals surface area contributed by atoms with Crippen LogP contribution in [-0.2, 0) is 4.79 Å². The molecular formula is C19H16F4N2O2. The van der Waals surface area contributed by atoms with E-state index in [2.05, 4.69) is 5.32 Å². The number of anilines is 1. The zero-order valence-electron chi connectivity index (χ0n) is 14.1. The highest BCUT2D eigenvalue weighted by molar-refractivity contribution is 5.95. The fraction of sp³-hybridized carbons (Fsp3) is 0.263. The summed E-state index contributed by atoms with van der Waals surface area (Å²) in [6.45, 7) is 0.455. The molecule has 2 amide bonds. The molecule has 1 fully saturated rings. The maximum Gasteiger partial charge on any atom is 0.256 e. The molecule has 142 valence electrons. The molecule has 1 aliphatic rings. The molecule has 2 aromatic carbocycles. The molecular weight excluding hydrogens is 364 g/mol. The zero-order chi connectivity index (χ0) is 19.6. The Bertz CT molecular complexity index is 880. The van der Waals surface area contributed by atoms with Crippen LogP contribution < -0.4 is 5.32 Å². The summed E-state index contributed by atoms with van der Waals surface area (Å²) in [5.41, 5.74) is -0.479. The van der Waals surface area contributed by atoms with E-state index in [9.17, 15) is 27.2 Å². The average Bonchev–Trinajstić information content (AvgIpc) is 2.68. The van der Waals surface area contributed by atoms with Gasteiger partial charge >= 0.3 is 0 Å². The zero-order valence-corrected chi connectivity index (χ0v) is 14.1. The average molecular weight is 380 g/mol. The Kier molecular flexibility index (Phi) is 5.43. The lowest BCUT2D eigenvalue weighted by molar-refractivity contribution is -0.121. The molecule has 0 spiro atoms. The smallest absolute Gasteiger partial charge is 0.256 e. The molecule has 0 atom stereocenters. The molecule has 0 radical (unpaired) electrons. The first kappa shape index (κ1) is 18.9. The van der Waals surface area contributed by atoms with Crippen molar-refractivity contribution in [3.05, 3.63) is 65.2 Å². The first-order chi connectivity index (χ1) is 12.9. The van der Waals surface area contributed by atoms with E-state index in [1.165, 1.54) is 23.1 Å². The minimum absolute atomic E-state index is 0.0377. The number of nitrogens with one attached hydrogen (secondary N) is 1. The van der Waals surface area contributed by atoms with Crippen LogP contribution in [-0.4, -0.2) is 29.8 Å². The summed E-state index contributed by atoms with van der Waals surface area (Å²) in [4.78, 5) is 26.1. The first-order valence-electron chi connectivity index (χ1n) is 8.36. The highest BCUT2D eigenvalue weighted by Gasteiger charge is 2.29. The Balaban J connectivity index is 1.61. The third-order valence-corrected chi connectivity index (χ3v) is 4.55. The number of benzene rings is 2. The van der Waals surface area contributed by atoms with Crippen LogP contribution in [0.2, 0.25) is 0 Å². The summed E-state index contributed by atoms with van der Waals surface area (Å²) in [6.07, 6.45) is 0.578. The van der Waals surface area contributed by atoms with Crippen molar-refractivity contribution >= 4 is 17.5 Å². The molecule has 3 rings (SSSR count). The number of piperidine rings is 1. The largest absolute Gasteiger partial charge is 0.339 e. The van der Waals surface area contributed by atoms with Crippen LogP contribution >= 0.6 is 0 Å². The standard InChI is InChI=1S/C19H16F4N2O2/c20-13-4-2-1-3-12(13)19(27)25-9-7-11(8-10-25)18(26)24-15-6-5-14(21)16(22)17(15)23/h1-6,11H,7-10H2,(H,24,26). The second-order valence-corrected chi connectivity index (χ2v) is 6.26. The minimum Gasteiger partial charge on any atom is -0.339 e. The summed E-state index contributed by atoms with van der Waals surface area (Å²) >= 11 is 0. The van der Waals surface area contributed by atoms with Crippen LogP contribution in [0.25, 0.3) is 0 Å². The molecule has 1 heterocycles. The fourth-order valence-corrected chi connectivity index (χ4v) is 3.01. The topological polar surface area (TPSA) is 49.4 Å². The Labute approximate surface area is 152 Å². The van der Waals surface area contributed by atoms with E-state index < -0.39 is 46.7 Å². The van der Waals surface area contributed by atoms with Crippen LogP contribution in [0.3, 0.4) is 0 Å². The predicted molar refractivity (Wildman–Crippen MR) is 90.0 cm³/mol. The maximum atomic E-state index is 13.7. The summed E-state index contributed by atoms with van der Waals surface area (Å²) in [6, 6.07) is 7.31.